The van der Waals surface area contributed by atoms with Crippen LogP contribution >= 0.6 is 11.6 Å². The Morgan fingerprint density at radius 3 is 2.48 bits per heavy atom. The van der Waals surface area contributed by atoms with E-state index >= 15 is 0 Å². The number of hydrogen-bond acceptors (Lipinski definition) is 6. The number of nitro groups is 1. The van der Waals surface area contributed by atoms with Gasteiger partial charge in [0.25, 0.3) is 5.69 Å². The van der Waals surface area contributed by atoms with Crippen molar-refractivity contribution in [3.8, 4) is 5.75 Å². The van der Waals surface area contributed by atoms with Crippen LogP contribution in [0.5, 0.6) is 5.75 Å². The minimum absolute atomic E-state index is 0.0198. The molecular weight excluding hydrogens is 396 g/mol. The smallest absolute Gasteiger partial charge is 0.296 e. The van der Waals surface area contributed by atoms with E-state index in [0.29, 0.717) is 5.02 Å². The van der Waals surface area contributed by atoms with Crippen molar-refractivity contribution in [3.63, 3.8) is 0 Å². The quantitative estimate of drug-likeness (QED) is 0.524. The highest BCUT2D eigenvalue weighted by atomic mass is 35.5. The number of amides is 1. The lowest BCUT2D eigenvalue weighted by molar-refractivity contribution is -0.384. The molecular formula is C17H17ClN2O6S. The van der Waals surface area contributed by atoms with Crippen LogP contribution in [0.1, 0.15) is 12.8 Å². The van der Waals surface area contributed by atoms with Gasteiger partial charge < -0.3 is 10.1 Å². The zero-order chi connectivity index (χ0) is 20.0. The molecule has 0 unspecified atom stereocenters. The van der Waals surface area contributed by atoms with Gasteiger partial charge in [0.2, 0.25) is 5.91 Å². The van der Waals surface area contributed by atoms with E-state index in [0.717, 1.165) is 0 Å². The third-order valence-electron chi connectivity index (χ3n) is 3.67. The Balaban J connectivity index is 1.97. The van der Waals surface area contributed by atoms with E-state index in [1.165, 1.54) is 49.6 Å². The van der Waals surface area contributed by atoms with Gasteiger partial charge in [0.05, 0.1) is 28.7 Å². The molecule has 0 aromatic heterocycles. The average Bonchev–Trinajstić information content (AvgIpc) is 2.62. The Morgan fingerprint density at radius 2 is 1.89 bits per heavy atom. The van der Waals surface area contributed by atoms with Gasteiger partial charge >= 0.3 is 0 Å². The van der Waals surface area contributed by atoms with E-state index in [4.69, 9.17) is 16.3 Å². The molecule has 2 rings (SSSR count). The third kappa shape index (κ3) is 5.66. The fourth-order valence-electron chi connectivity index (χ4n) is 2.29. The Labute approximate surface area is 161 Å². The number of ether oxygens (including phenoxy) is 1. The fourth-order valence-corrected chi connectivity index (χ4v) is 3.73. The number of benzene rings is 2. The minimum atomic E-state index is -3.54. The van der Waals surface area contributed by atoms with Crippen LogP contribution in [0.2, 0.25) is 5.02 Å². The summed E-state index contributed by atoms with van der Waals surface area (Å²) in [5.41, 5.74) is -0.289. The van der Waals surface area contributed by atoms with E-state index in [1.807, 2.05) is 0 Å². The van der Waals surface area contributed by atoms with Crippen molar-refractivity contribution in [1.29, 1.82) is 0 Å². The number of sulfone groups is 1. The van der Waals surface area contributed by atoms with Gasteiger partial charge in [0, 0.05) is 11.4 Å². The Hall–Kier alpha value is -2.65. The molecule has 27 heavy (non-hydrogen) atoms. The van der Waals surface area contributed by atoms with E-state index in [2.05, 4.69) is 5.32 Å². The minimum Gasteiger partial charge on any atom is -0.496 e. The lowest BCUT2D eigenvalue weighted by Crippen LogP contribution is -2.15. The van der Waals surface area contributed by atoms with Crippen LogP contribution < -0.4 is 10.1 Å². The summed E-state index contributed by atoms with van der Waals surface area (Å²) in [6, 6.07) is 9.79. The van der Waals surface area contributed by atoms with Gasteiger partial charge in [-0.25, -0.2) is 8.42 Å². The maximum absolute atomic E-state index is 12.2. The van der Waals surface area contributed by atoms with Crippen LogP contribution in [0, 0.1) is 10.1 Å². The first-order valence-electron chi connectivity index (χ1n) is 7.83. The molecule has 0 radical (unpaired) electrons. The highest BCUT2D eigenvalue weighted by molar-refractivity contribution is 7.91. The lowest BCUT2D eigenvalue weighted by Gasteiger charge is -2.08. The second-order valence-electron chi connectivity index (χ2n) is 5.56. The molecule has 0 bridgehead atoms. The number of nitrogens with zero attached hydrogens (tertiary/aromatic N) is 1. The summed E-state index contributed by atoms with van der Waals surface area (Å²) < 4.78 is 29.4. The van der Waals surface area contributed by atoms with Crippen molar-refractivity contribution >= 4 is 38.7 Å². The van der Waals surface area contributed by atoms with Crippen LogP contribution in [-0.4, -0.2) is 32.1 Å². The predicted octanol–water partition coefficient (Wildman–Crippen LogP) is 3.45. The molecule has 0 saturated carbocycles. The first-order chi connectivity index (χ1) is 12.7. The standard InChI is InChI=1S/C17H17ClN2O6S/c1-26-13-6-9-15(16(11-13)20(22)23)19-17(21)3-2-10-27(24,25)14-7-4-12(18)5-8-14/h4-9,11H,2-3,10H2,1H3,(H,19,21). The van der Waals surface area contributed by atoms with E-state index in [1.54, 1.807) is 0 Å². The highest BCUT2D eigenvalue weighted by Crippen LogP contribution is 2.29. The van der Waals surface area contributed by atoms with E-state index < -0.39 is 20.7 Å². The monoisotopic (exact) mass is 412 g/mol. The lowest BCUT2D eigenvalue weighted by atomic mass is 10.2. The Morgan fingerprint density at radius 1 is 1.22 bits per heavy atom. The number of carbonyl (C=O) groups excluding carboxylic acids is 1. The molecule has 0 atom stereocenters. The summed E-state index contributed by atoms with van der Waals surface area (Å²) in [5, 5.41) is 14.0. The van der Waals surface area contributed by atoms with Crippen molar-refractivity contribution in [1.82, 2.24) is 0 Å². The Bertz CT molecular complexity index is 944. The van der Waals surface area contributed by atoms with Crippen molar-refractivity contribution in [2.75, 3.05) is 18.2 Å². The second-order valence-corrected chi connectivity index (χ2v) is 8.11. The molecule has 0 aliphatic rings. The molecule has 0 heterocycles. The van der Waals surface area contributed by atoms with Gasteiger partial charge in [0.1, 0.15) is 11.4 Å². The van der Waals surface area contributed by atoms with Gasteiger partial charge in [-0.05, 0) is 42.8 Å². The van der Waals surface area contributed by atoms with Gasteiger partial charge in [-0.15, -0.1) is 0 Å². The van der Waals surface area contributed by atoms with Crippen molar-refractivity contribution in [3.05, 3.63) is 57.6 Å². The number of anilines is 1. The molecule has 1 N–H and O–H groups in total. The molecule has 0 aliphatic heterocycles. The zero-order valence-corrected chi connectivity index (χ0v) is 15.9. The largest absolute Gasteiger partial charge is 0.496 e. The normalized spacial score (nSPS) is 11.0. The van der Waals surface area contributed by atoms with Crippen LogP contribution in [0.3, 0.4) is 0 Å². The number of halogens is 1. The number of methoxy groups -OCH3 is 1. The van der Waals surface area contributed by atoms with Gasteiger partial charge in [-0.2, -0.15) is 0 Å². The summed E-state index contributed by atoms with van der Waals surface area (Å²) in [7, 11) is -2.17. The number of hydrogen-bond donors (Lipinski definition) is 1. The highest BCUT2D eigenvalue weighted by Gasteiger charge is 2.18. The predicted molar refractivity (Wildman–Crippen MR) is 101 cm³/mol. The van der Waals surface area contributed by atoms with Crippen LogP contribution in [0.4, 0.5) is 11.4 Å². The molecule has 0 saturated heterocycles. The summed E-state index contributed by atoms with van der Waals surface area (Å²) in [6.07, 6.45) is -0.0310. The number of rotatable bonds is 8. The third-order valence-corrected chi connectivity index (χ3v) is 5.73. The molecule has 144 valence electrons. The van der Waals surface area contributed by atoms with Gasteiger partial charge in [-0.1, -0.05) is 11.6 Å². The summed E-state index contributed by atoms with van der Waals surface area (Å²) >= 11 is 5.74. The molecule has 0 aliphatic carbocycles. The van der Waals surface area contributed by atoms with Crippen LogP contribution in [-0.2, 0) is 14.6 Å². The maximum Gasteiger partial charge on any atom is 0.296 e. The first-order valence-corrected chi connectivity index (χ1v) is 9.86. The summed E-state index contributed by atoms with van der Waals surface area (Å²) in [6.45, 7) is 0. The van der Waals surface area contributed by atoms with Gasteiger partial charge in [-0.3, -0.25) is 14.9 Å². The average molecular weight is 413 g/mol. The summed E-state index contributed by atoms with van der Waals surface area (Å²) in [5.74, 6) is -0.462. The van der Waals surface area contributed by atoms with Crippen molar-refractivity contribution in [2.24, 2.45) is 0 Å². The molecule has 0 spiro atoms. The molecule has 1 amide bonds. The SMILES string of the molecule is COc1ccc(NC(=O)CCCS(=O)(=O)c2ccc(Cl)cc2)c([N+](=O)[O-])c1. The molecule has 8 nitrogen and oxygen atoms in total. The maximum atomic E-state index is 12.2. The fraction of sp³-hybridized carbons (Fsp3) is 0.235. The van der Waals surface area contributed by atoms with E-state index in [9.17, 15) is 23.3 Å². The molecule has 10 heteroatoms. The number of nitro benzene ring substituents is 1. The van der Waals surface area contributed by atoms with Crippen LogP contribution in [0.25, 0.3) is 0 Å². The van der Waals surface area contributed by atoms with Crippen molar-refractivity contribution < 1.29 is 22.9 Å². The van der Waals surface area contributed by atoms with E-state index in [-0.39, 0.29) is 40.6 Å². The summed E-state index contributed by atoms with van der Waals surface area (Å²) in [4.78, 5) is 22.6. The molecule has 0 fully saturated rings. The Kier molecular flexibility index (Phi) is 6.75. The molecule has 2 aromatic carbocycles. The molecule has 2 aromatic rings. The topological polar surface area (TPSA) is 116 Å². The first kappa shape index (κ1) is 20.7. The van der Waals surface area contributed by atoms with Crippen LogP contribution in [0.15, 0.2) is 47.4 Å². The number of carbonyl (C=O) groups is 1. The van der Waals surface area contributed by atoms with Gasteiger partial charge in [0.15, 0.2) is 9.84 Å². The second kappa shape index (κ2) is 8.83. The zero-order valence-electron chi connectivity index (χ0n) is 14.3. The number of nitrogens with one attached hydrogen (secondary N) is 1. The van der Waals surface area contributed by atoms with Crippen molar-refractivity contribution in [2.45, 2.75) is 17.7 Å².